The monoisotopic (exact) mass is 461 g/mol. The van der Waals surface area contributed by atoms with Crippen LogP contribution in [0.2, 0.25) is 0 Å². The van der Waals surface area contributed by atoms with E-state index in [2.05, 4.69) is 19.9 Å². The standard InChI is InChI=1S/C30H55NO2/c1-4-6-7-8-9-10-11-12-13-14-15-16-17-18-19-20-21-22-23-24-28(27(3)5-2)31-29(32)25-26-30(31)33/h5,28H,4,6-26H2,1-3H3. The van der Waals surface area contributed by atoms with Gasteiger partial charge in [-0.25, -0.2) is 0 Å². The van der Waals surface area contributed by atoms with Crippen LogP contribution in [0.3, 0.4) is 0 Å². The van der Waals surface area contributed by atoms with Crippen LogP contribution in [0.5, 0.6) is 0 Å². The Kier molecular flexibility index (Phi) is 18.4. The largest absolute Gasteiger partial charge is 0.275 e. The number of nitrogens with zero attached hydrogens (tertiary/aromatic N) is 1. The lowest BCUT2D eigenvalue weighted by Crippen LogP contribution is -2.40. The summed E-state index contributed by atoms with van der Waals surface area (Å²) in [6, 6.07) is -0.0108. The van der Waals surface area contributed by atoms with Crippen molar-refractivity contribution in [1.29, 1.82) is 0 Å². The highest BCUT2D eigenvalue weighted by molar-refractivity contribution is 6.02. The minimum Gasteiger partial charge on any atom is -0.275 e. The van der Waals surface area contributed by atoms with Gasteiger partial charge in [-0.2, -0.15) is 0 Å². The number of carbonyl (C=O) groups is 2. The lowest BCUT2D eigenvalue weighted by atomic mass is 9.98. The molecule has 0 spiro atoms. The molecule has 33 heavy (non-hydrogen) atoms. The Morgan fingerprint density at radius 3 is 1.33 bits per heavy atom. The Hall–Kier alpha value is -1.12. The summed E-state index contributed by atoms with van der Waals surface area (Å²) in [5.41, 5.74) is 1.15. The van der Waals surface area contributed by atoms with Gasteiger partial charge < -0.3 is 0 Å². The van der Waals surface area contributed by atoms with Gasteiger partial charge in [-0.1, -0.05) is 141 Å². The van der Waals surface area contributed by atoms with Crippen LogP contribution in [-0.2, 0) is 9.59 Å². The number of hydrogen-bond donors (Lipinski definition) is 0. The van der Waals surface area contributed by atoms with Gasteiger partial charge in [-0.05, 0) is 20.3 Å². The van der Waals surface area contributed by atoms with Crippen molar-refractivity contribution in [1.82, 2.24) is 4.90 Å². The predicted molar refractivity (Wildman–Crippen MR) is 142 cm³/mol. The summed E-state index contributed by atoms with van der Waals surface area (Å²) >= 11 is 0. The molecule has 0 aromatic heterocycles. The molecule has 192 valence electrons. The number of hydrogen-bond acceptors (Lipinski definition) is 2. The summed E-state index contributed by atoms with van der Waals surface area (Å²) in [7, 11) is 0. The van der Waals surface area contributed by atoms with Gasteiger partial charge in [-0.3, -0.25) is 14.5 Å². The van der Waals surface area contributed by atoms with Crippen LogP contribution in [0.4, 0.5) is 0 Å². The van der Waals surface area contributed by atoms with Gasteiger partial charge in [0, 0.05) is 12.8 Å². The second kappa shape index (κ2) is 20.3. The molecule has 0 radical (unpaired) electrons. The SMILES string of the molecule is CC=C(C)C(CCCCCCCCCCCCCCCCCCCCC)N1C(=O)CCC1=O. The molecule has 0 bridgehead atoms. The van der Waals surface area contributed by atoms with Crippen molar-refractivity contribution in [2.75, 3.05) is 0 Å². The van der Waals surface area contributed by atoms with Crippen molar-refractivity contribution in [2.45, 2.75) is 168 Å². The third-order valence-corrected chi connectivity index (χ3v) is 7.46. The fourth-order valence-electron chi connectivity index (χ4n) is 5.11. The molecule has 0 saturated carbocycles. The Morgan fingerprint density at radius 2 is 1.00 bits per heavy atom. The number of carbonyl (C=O) groups excluding carboxylic acids is 2. The highest BCUT2D eigenvalue weighted by Gasteiger charge is 2.35. The summed E-state index contributed by atoms with van der Waals surface area (Å²) in [6.45, 7) is 6.35. The lowest BCUT2D eigenvalue weighted by molar-refractivity contribution is -0.140. The van der Waals surface area contributed by atoms with Crippen LogP contribution in [0.1, 0.15) is 162 Å². The maximum atomic E-state index is 12.1. The summed E-state index contributed by atoms with van der Waals surface area (Å²) in [4.78, 5) is 25.8. The molecule has 1 fully saturated rings. The van der Waals surface area contributed by atoms with E-state index in [1.54, 1.807) is 4.90 Å². The second-order valence-corrected chi connectivity index (χ2v) is 10.4. The zero-order valence-corrected chi connectivity index (χ0v) is 22.5. The van der Waals surface area contributed by atoms with Gasteiger partial charge in [0.15, 0.2) is 0 Å². The van der Waals surface area contributed by atoms with E-state index < -0.39 is 0 Å². The maximum Gasteiger partial charge on any atom is 0.230 e. The number of amides is 2. The van der Waals surface area contributed by atoms with E-state index >= 15 is 0 Å². The second-order valence-electron chi connectivity index (χ2n) is 10.4. The zero-order chi connectivity index (χ0) is 24.2. The smallest absolute Gasteiger partial charge is 0.230 e. The Morgan fingerprint density at radius 1 is 0.667 bits per heavy atom. The van der Waals surface area contributed by atoms with E-state index in [1.165, 1.54) is 116 Å². The van der Waals surface area contributed by atoms with E-state index in [0.717, 1.165) is 18.4 Å². The minimum absolute atomic E-state index is 0.0108. The van der Waals surface area contributed by atoms with Gasteiger partial charge in [0.2, 0.25) is 11.8 Å². The van der Waals surface area contributed by atoms with Crippen molar-refractivity contribution >= 4 is 11.8 Å². The van der Waals surface area contributed by atoms with Crippen LogP contribution >= 0.6 is 0 Å². The zero-order valence-electron chi connectivity index (χ0n) is 22.5. The van der Waals surface area contributed by atoms with E-state index in [1.807, 2.05) is 6.92 Å². The molecule has 3 heteroatoms. The first-order valence-electron chi connectivity index (χ1n) is 14.6. The van der Waals surface area contributed by atoms with Gasteiger partial charge in [0.25, 0.3) is 0 Å². The molecule has 0 N–H and O–H groups in total. The molecule has 1 aliphatic rings. The molecule has 0 aliphatic carbocycles. The summed E-state index contributed by atoms with van der Waals surface area (Å²) in [5.74, 6) is 0.0352. The van der Waals surface area contributed by atoms with Gasteiger partial charge in [0.05, 0.1) is 6.04 Å². The number of allylic oxidation sites excluding steroid dienone is 1. The topological polar surface area (TPSA) is 37.4 Å². The van der Waals surface area contributed by atoms with E-state index in [0.29, 0.717) is 12.8 Å². The molecule has 2 amide bonds. The molecular formula is C30H55NO2. The molecule has 1 aliphatic heterocycles. The Bertz CT molecular complexity index is 523. The lowest BCUT2D eigenvalue weighted by Gasteiger charge is -2.27. The Balaban J connectivity index is 1.91. The molecule has 3 nitrogen and oxygen atoms in total. The number of imide groups is 1. The van der Waals surface area contributed by atoms with E-state index in [-0.39, 0.29) is 17.9 Å². The van der Waals surface area contributed by atoms with Crippen LogP contribution < -0.4 is 0 Å². The summed E-state index contributed by atoms with van der Waals surface area (Å²) in [6.07, 6.45) is 30.0. The first-order valence-corrected chi connectivity index (χ1v) is 14.6. The Labute approximate surface area is 206 Å². The normalized spacial score (nSPS) is 15.6. The van der Waals surface area contributed by atoms with Crippen LogP contribution in [0.15, 0.2) is 11.6 Å². The van der Waals surface area contributed by atoms with E-state index in [4.69, 9.17) is 0 Å². The first kappa shape index (κ1) is 29.9. The highest BCUT2D eigenvalue weighted by Crippen LogP contribution is 2.24. The van der Waals surface area contributed by atoms with E-state index in [9.17, 15) is 9.59 Å². The summed E-state index contributed by atoms with van der Waals surface area (Å²) < 4.78 is 0. The first-order chi connectivity index (χ1) is 16.1. The van der Waals surface area contributed by atoms with Gasteiger partial charge >= 0.3 is 0 Å². The third-order valence-electron chi connectivity index (χ3n) is 7.46. The molecule has 0 aromatic carbocycles. The number of unbranched alkanes of at least 4 members (excludes halogenated alkanes) is 18. The third kappa shape index (κ3) is 14.0. The fraction of sp³-hybridized carbons (Fsp3) is 0.867. The van der Waals surface area contributed by atoms with Crippen molar-refractivity contribution < 1.29 is 9.59 Å². The van der Waals surface area contributed by atoms with Crippen molar-refractivity contribution in [3.05, 3.63) is 11.6 Å². The molecule has 1 unspecified atom stereocenters. The molecule has 1 saturated heterocycles. The quantitative estimate of drug-likeness (QED) is 0.0914. The molecule has 1 heterocycles. The predicted octanol–water partition coefficient (Wildman–Crippen LogP) is 9.29. The van der Waals surface area contributed by atoms with Crippen molar-refractivity contribution in [3.8, 4) is 0 Å². The van der Waals surface area contributed by atoms with Crippen LogP contribution in [-0.4, -0.2) is 22.8 Å². The average Bonchev–Trinajstić information content (AvgIpc) is 3.15. The summed E-state index contributed by atoms with van der Waals surface area (Å²) in [5, 5.41) is 0. The molecule has 1 rings (SSSR count). The highest BCUT2D eigenvalue weighted by atomic mass is 16.2. The molecule has 0 aromatic rings. The van der Waals surface area contributed by atoms with Crippen molar-refractivity contribution in [2.24, 2.45) is 0 Å². The minimum atomic E-state index is -0.0108. The van der Waals surface area contributed by atoms with Crippen LogP contribution in [0.25, 0.3) is 0 Å². The maximum absolute atomic E-state index is 12.1. The number of likely N-dealkylation sites (tertiary alicyclic amines) is 1. The fourth-order valence-corrected chi connectivity index (χ4v) is 5.11. The van der Waals surface area contributed by atoms with Gasteiger partial charge in [-0.15, -0.1) is 0 Å². The average molecular weight is 462 g/mol. The molecule has 1 atom stereocenters. The number of rotatable bonds is 22. The van der Waals surface area contributed by atoms with Crippen molar-refractivity contribution in [3.63, 3.8) is 0 Å². The van der Waals surface area contributed by atoms with Gasteiger partial charge in [0.1, 0.15) is 0 Å². The molecular weight excluding hydrogens is 406 g/mol. The van der Waals surface area contributed by atoms with Crippen LogP contribution in [0, 0.1) is 0 Å².